The van der Waals surface area contributed by atoms with Crippen molar-refractivity contribution in [2.45, 2.75) is 49.5 Å². The average Bonchev–Trinajstić information content (AvgIpc) is 2.62. The zero-order valence-corrected chi connectivity index (χ0v) is 15.5. The Morgan fingerprint density at radius 1 is 1.24 bits per heavy atom. The molecule has 0 aromatic heterocycles. The van der Waals surface area contributed by atoms with Gasteiger partial charge in [0.25, 0.3) is 5.91 Å². The summed E-state index contributed by atoms with van der Waals surface area (Å²) in [5.74, 6) is 0.387. The Labute approximate surface area is 157 Å². The molecule has 4 rings (SSSR count). The van der Waals surface area contributed by atoms with Gasteiger partial charge in [0.1, 0.15) is 0 Å². The lowest BCUT2D eigenvalue weighted by molar-refractivity contribution is -0.132. The van der Waals surface area contributed by atoms with Gasteiger partial charge in [-0.15, -0.1) is 0 Å². The van der Waals surface area contributed by atoms with E-state index in [0.29, 0.717) is 27.6 Å². The molecule has 1 aromatic rings. The molecule has 0 radical (unpaired) electrons. The van der Waals surface area contributed by atoms with Gasteiger partial charge in [0, 0.05) is 28.6 Å². The highest BCUT2D eigenvalue weighted by molar-refractivity contribution is 8.04. The van der Waals surface area contributed by atoms with E-state index in [1.54, 1.807) is 12.1 Å². The van der Waals surface area contributed by atoms with Crippen LogP contribution < -0.4 is 5.32 Å². The van der Waals surface area contributed by atoms with Crippen LogP contribution >= 0.6 is 23.4 Å². The first-order valence-corrected chi connectivity index (χ1v) is 10.1. The number of benzene rings is 1. The summed E-state index contributed by atoms with van der Waals surface area (Å²) in [5, 5.41) is 3.42. The quantitative estimate of drug-likeness (QED) is 0.736. The molecule has 1 N–H and O–H groups in total. The van der Waals surface area contributed by atoms with Gasteiger partial charge in [0.05, 0.1) is 10.6 Å². The lowest BCUT2D eigenvalue weighted by atomic mass is 9.78. The summed E-state index contributed by atoms with van der Waals surface area (Å²) in [6.45, 7) is 0.808. The lowest BCUT2D eigenvalue weighted by Crippen LogP contribution is -2.49. The summed E-state index contributed by atoms with van der Waals surface area (Å²) in [7, 11) is 0. The van der Waals surface area contributed by atoms with Gasteiger partial charge in [-0.05, 0) is 49.8 Å². The monoisotopic (exact) mass is 376 g/mol. The molecule has 2 fully saturated rings. The normalized spacial score (nSPS) is 27.5. The van der Waals surface area contributed by atoms with Crippen molar-refractivity contribution in [3.8, 4) is 0 Å². The number of thioether (sulfide) groups is 1. The summed E-state index contributed by atoms with van der Waals surface area (Å²) in [6, 6.07) is 5.76. The third kappa shape index (κ3) is 3.44. The summed E-state index contributed by atoms with van der Waals surface area (Å²) in [6.07, 6.45) is 8.63. The predicted octanol–water partition coefficient (Wildman–Crippen LogP) is 4.45. The van der Waals surface area contributed by atoms with Crippen LogP contribution in [0.4, 0.5) is 5.69 Å². The first kappa shape index (κ1) is 17.0. The van der Waals surface area contributed by atoms with Crippen molar-refractivity contribution >= 4 is 40.9 Å². The Bertz CT molecular complexity index is 747. The van der Waals surface area contributed by atoms with E-state index in [-0.39, 0.29) is 11.8 Å². The topological polar surface area (TPSA) is 49.4 Å². The number of anilines is 1. The van der Waals surface area contributed by atoms with Gasteiger partial charge >= 0.3 is 0 Å². The van der Waals surface area contributed by atoms with Crippen molar-refractivity contribution in [3.63, 3.8) is 0 Å². The number of hydrogen-bond acceptors (Lipinski definition) is 3. The van der Waals surface area contributed by atoms with Gasteiger partial charge < -0.3 is 10.2 Å². The molecule has 1 saturated carbocycles. The molecule has 2 heterocycles. The molecule has 6 heteroatoms. The van der Waals surface area contributed by atoms with E-state index in [1.807, 2.05) is 11.0 Å². The number of likely N-dealkylation sites (tertiary alicyclic amines) is 1. The van der Waals surface area contributed by atoms with E-state index in [1.165, 1.54) is 43.5 Å². The molecule has 2 unspecified atom stereocenters. The van der Waals surface area contributed by atoms with Crippen molar-refractivity contribution in [1.29, 1.82) is 0 Å². The number of amides is 2. The number of piperidine rings is 1. The number of carbonyl (C=O) groups is 2. The summed E-state index contributed by atoms with van der Waals surface area (Å²) in [5.41, 5.74) is 0.706. The molecule has 0 bridgehead atoms. The highest BCUT2D eigenvalue weighted by Crippen LogP contribution is 2.40. The third-order valence-electron chi connectivity index (χ3n) is 5.41. The fourth-order valence-electron chi connectivity index (χ4n) is 4.23. The van der Waals surface area contributed by atoms with E-state index in [2.05, 4.69) is 5.32 Å². The van der Waals surface area contributed by atoms with Gasteiger partial charge in [0.15, 0.2) is 0 Å². The molecule has 4 nitrogen and oxygen atoms in total. The highest BCUT2D eigenvalue weighted by atomic mass is 35.5. The van der Waals surface area contributed by atoms with E-state index in [9.17, 15) is 9.59 Å². The van der Waals surface area contributed by atoms with Gasteiger partial charge in [-0.2, -0.15) is 0 Å². The molecule has 132 valence electrons. The van der Waals surface area contributed by atoms with Crippen LogP contribution in [0.15, 0.2) is 34.1 Å². The first-order valence-electron chi connectivity index (χ1n) is 8.93. The molecule has 2 aliphatic heterocycles. The number of fused-ring (bicyclic) bond motifs is 2. The SMILES string of the molecule is O=C1Nc2cc(Cl)ccc2S/C1=C\C(=O)N1CCCC2CCCCC21. The Morgan fingerprint density at radius 2 is 2.04 bits per heavy atom. The zero-order chi connectivity index (χ0) is 17.4. The minimum absolute atomic E-state index is 0.0216. The highest BCUT2D eigenvalue weighted by Gasteiger charge is 2.35. The molecular formula is C19H21ClN2O2S. The minimum atomic E-state index is -0.231. The smallest absolute Gasteiger partial charge is 0.262 e. The summed E-state index contributed by atoms with van der Waals surface area (Å²) >= 11 is 7.31. The van der Waals surface area contributed by atoms with Crippen LogP contribution in [0, 0.1) is 5.92 Å². The van der Waals surface area contributed by atoms with Crippen LogP contribution in [-0.2, 0) is 9.59 Å². The predicted molar refractivity (Wildman–Crippen MR) is 101 cm³/mol. The van der Waals surface area contributed by atoms with Crippen LogP contribution in [-0.4, -0.2) is 29.3 Å². The number of nitrogens with zero attached hydrogens (tertiary/aromatic N) is 1. The number of rotatable bonds is 1. The molecule has 25 heavy (non-hydrogen) atoms. The van der Waals surface area contributed by atoms with Crippen molar-refractivity contribution in [1.82, 2.24) is 4.90 Å². The Morgan fingerprint density at radius 3 is 2.92 bits per heavy atom. The maximum absolute atomic E-state index is 12.9. The first-order chi connectivity index (χ1) is 12.1. The molecule has 1 aliphatic carbocycles. The maximum Gasteiger partial charge on any atom is 0.262 e. The number of hydrogen-bond donors (Lipinski definition) is 1. The number of carbonyl (C=O) groups excluding carboxylic acids is 2. The summed E-state index contributed by atoms with van der Waals surface area (Å²) in [4.78, 5) is 28.6. The molecule has 0 spiro atoms. The summed E-state index contributed by atoms with van der Waals surface area (Å²) < 4.78 is 0. The zero-order valence-electron chi connectivity index (χ0n) is 14.0. The van der Waals surface area contributed by atoms with Crippen LogP contribution in [0.5, 0.6) is 0 Å². The molecule has 2 amide bonds. The van der Waals surface area contributed by atoms with Crippen molar-refractivity contribution in [2.75, 3.05) is 11.9 Å². The van der Waals surface area contributed by atoms with Crippen LogP contribution in [0.2, 0.25) is 5.02 Å². The minimum Gasteiger partial charge on any atom is -0.336 e. The van der Waals surface area contributed by atoms with Crippen molar-refractivity contribution in [3.05, 3.63) is 34.2 Å². The van der Waals surface area contributed by atoms with Crippen LogP contribution in [0.3, 0.4) is 0 Å². The average molecular weight is 377 g/mol. The fraction of sp³-hybridized carbons (Fsp3) is 0.474. The third-order valence-corrected chi connectivity index (χ3v) is 6.75. The second-order valence-electron chi connectivity index (χ2n) is 6.99. The maximum atomic E-state index is 12.9. The van der Waals surface area contributed by atoms with E-state index in [4.69, 9.17) is 11.6 Å². The second-order valence-corrected chi connectivity index (χ2v) is 8.51. The molecule has 2 atom stereocenters. The molecule has 3 aliphatic rings. The molecule has 1 saturated heterocycles. The number of halogens is 1. The van der Waals surface area contributed by atoms with Crippen LogP contribution in [0.1, 0.15) is 38.5 Å². The lowest BCUT2D eigenvalue weighted by Gasteiger charge is -2.43. The Hall–Kier alpha value is -1.46. The van der Waals surface area contributed by atoms with E-state index < -0.39 is 0 Å². The van der Waals surface area contributed by atoms with Gasteiger partial charge in [-0.25, -0.2) is 0 Å². The van der Waals surface area contributed by atoms with Crippen LogP contribution in [0.25, 0.3) is 0 Å². The van der Waals surface area contributed by atoms with Gasteiger partial charge in [-0.3, -0.25) is 9.59 Å². The van der Waals surface area contributed by atoms with Gasteiger partial charge in [-0.1, -0.05) is 36.2 Å². The van der Waals surface area contributed by atoms with Crippen molar-refractivity contribution < 1.29 is 9.59 Å². The Balaban J connectivity index is 1.54. The number of nitrogens with one attached hydrogen (secondary N) is 1. The van der Waals surface area contributed by atoms with E-state index in [0.717, 1.165) is 24.3 Å². The van der Waals surface area contributed by atoms with Gasteiger partial charge in [0.2, 0.25) is 5.91 Å². The van der Waals surface area contributed by atoms with E-state index >= 15 is 0 Å². The standard InChI is InChI=1S/C19H21ClN2O2S/c20-13-7-8-16-14(10-13)21-19(24)17(25-16)11-18(23)22-9-3-5-12-4-1-2-6-15(12)22/h7-8,10-12,15H,1-6,9H2,(H,21,24)/b17-11-. The molecule has 1 aromatic carbocycles. The van der Waals surface area contributed by atoms with Crippen molar-refractivity contribution in [2.24, 2.45) is 5.92 Å². The molecular weight excluding hydrogens is 356 g/mol. The Kier molecular flexibility index (Phi) is 4.78. The fourth-order valence-corrected chi connectivity index (χ4v) is 5.29. The largest absolute Gasteiger partial charge is 0.336 e. The second kappa shape index (κ2) is 7.04.